The second kappa shape index (κ2) is 5.43. The van der Waals surface area contributed by atoms with Crippen LogP contribution in [0.25, 0.3) is 0 Å². The Hall–Kier alpha value is -2.25. The fourth-order valence-corrected chi connectivity index (χ4v) is 2.82. The highest BCUT2D eigenvalue weighted by Crippen LogP contribution is 2.37. The van der Waals surface area contributed by atoms with Crippen molar-refractivity contribution in [3.8, 4) is 0 Å². The molecule has 1 aliphatic carbocycles. The molecule has 2 heterocycles. The van der Waals surface area contributed by atoms with Crippen molar-refractivity contribution in [2.24, 2.45) is 5.73 Å². The summed E-state index contributed by atoms with van der Waals surface area (Å²) in [6.45, 7) is -0.0323. The highest BCUT2D eigenvalue weighted by Gasteiger charge is 2.40. The lowest BCUT2D eigenvalue weighted by molar-refractivity contribution is 0.0625. The summed E-state index contributed by atoms with van der Waals surface area (Å²) in [6, 6.07) is 6.73. The van der Waals surface area contributed by atoms with Crippen molar-refractivity contribution in [2.75, 3.05) is 0 Å². The number of hydrogen-bond donors (Lipinski definition) is 1. The predicted molar refractivity (Wildman–Crippen MR) is 81.9 cm³/mol. The van der Waals surface area contributed by atoms with Gasteiger partial charge in [0.1, 0.15) is 6.54 Å². The number of hydrogen-bond acceptors (Lipinski definition) is 6. The SMILES string of the molecule is Cl.NC1(c2noc(CN3C(=O)c4ccccc4C3=O)n2)CCC1. The minimum absolute atomic E-state index is 0. The van der Waals surface area contributed by atoms with Crippen molar-refractivity contribution in [1.82, 2.24) is 15.0 Å². The topological polar surface area (TPSA) is 102 Å². The second-order valence-corrected chi connectivity index (χ2v) is 5.76. The van der Waals surface area contributed by atoms with Gasteiger partial charge in [-0.15, -0.1) is 12.4 Å². The number of carbonyl (C=O) groups excluding carboxylic acids is 2. The third kappa shape index (κ3) is 2.32. The molecule has 7 nitrogen and oxygen atoms in total. The van der Waals surface area contributed by atoms with Crippen molar-refractivity contribution in [3.05, 3.63) is 47.1 Å². The van der Waals surface area contributed by atoms with Crippen LogP contribution in [0.15, 0.2) is 28.8 Å². The summed E-state index contributed by atoms with van der Waals surface area (Å²) >= 11 is 0. The van der Waals surface area contributed by atoms with E-state index in [4.69, 9.17) is 10.3 Å². The summed E-state index contributed by atoms with van der Waals surface area (Å²) in [5.74, 6) is -0.00972. The van der Waals surface area contributed by atoms with Crippen LogP contribution >= 0.6 is 12.4 Å². The molecule has 23 heavy (non-hydrogen) atoms. The van der Waals surface area contributed by atoms with Gasteiger partial charge in [-0.05, 0) is 31.4 Å². The molecular formula is C15H15ClN4O3. The van der Waals surface area contributed by atoms with E-state index >= 15 is 0 Å². The van der Waals surface area contributed by atoms with E-state index in [2.05, 4.69) is 10.1 Å². The van der Waals surface area contributed by atoms with Crippen LogP contribution in [0.5, 0.6) is 0 Å². The van der Waals surface area contributed by atoms with E-state index in [0.717, 1.165) is 24.2 Å². The van der Waals surface area contributed by atoms with Crippen LogP contribution in [0, 0.1) is 0 Å². The fourth-order valence-electron chi connectivity index (χ4n) is 2.82. The number of halogens is 1. The zero-order valence-corrected chi connectivity index (χ0v) is 13.0. The van der Waals surface area contributed by atoms with Gasteiger partial charge in [-0.25, -0.2) is 0 Å². The van der Waals surface area contributed by atoms with E-state index < -0.39 is 5.54 Å². The number of aromatic nitrogens is 2. The van der Waals surface area contributed by atoms with Crippen LogP contribution in [0.3, 0.4) is 0 Å². The maximum atomic E-state index is 12.3. The van der Waals surface area contributed by atoms with Crippen LogP contribution in [0.2, 0.25) is 0 Å². The molecular weight excluding hydrogens is 320 g/mol. The van der Waals surface area contributed by atoms with Crippen LogP contribution in [0.1, 0.15) is 51.7 Å². The van der Waals surface area contributed by atoms with Gasteiger partial charge in [-0.2, -0.15) is 4.98 Å². The maximum absolute atomic E-state index is 12.3. The molecule has 1 aromatic heterocycles. The molecule has 120 valence electrons. The molecule has 1 aromatic carbocycles. The summed E-state index contributed by atoms with van der Waals surface area (Å²) in [5.41, 5.74) is 6.42. The predicted octanol–water partition coefficient (Wildman–Crippen LogP) is 1.63. The van der Waals surface area contributed by atoms with E-state index in [1.807, 2.05) is 0 Å². The van der Waals surface area contributed by atoms with Gasteiger partial charge in [-0.3, -0.25) is 14.5 Å². The number of nitrogens with zero attached hydrogens (tertiary/aromatic N) is 3. The van der Waals surface area contributed by atoms with Crippen molar-refractivity contribution < 1.29 is 14.1 Å². The molecule has 0 unspecified atom stereocenters. The highest BCUT2D eigenvalue weighted by atomic mass is 35.5. The first-order valence-electron chi connectivity index (χ1n) is 7.16. The molecule has 0 radical (unpaired) electrons. The van der Waals surface area contributed by atoms with Gasteiger partial charge in [0.05, 0.1) is 16.7 Å². The van der Waals surface area contributed by atoms with Gasteiger partial charge in [-0.1, -0.05) is 17.3 Å². The van der Waals surface area contributed by atoms with Crippen molar-refractivity contribution in [1.29, 1.82) is 0 Å². The minimum Gasteiger partial charge on any atom is -0.337 e. The van der Waals surface area contributed by atoms with Crippen LogP contribution in [-0.2, 0) is 12.1 Å². The molecule has 4 rings (SSSR count). The molecule has 0 spiro atoms. The molecule has 0 bridgehead atoms. The normalized spacial score (nSPS) is 18.4. The molecule has 2 N–H and O–H groups in total. The number of fused-ring (bicyclic) bond motifs is 1. The minimum atomic E-state index is -0.524. The number of amides is 2. The number of imide groups is 1. The molecule has 8 heteroatoms. The first-order chi connectivity index (χ1) is 10.6. The molecule has 1 saturated carbocycles. The lowest BCUT2D eigenvalue weighted by Gasteiger charge is -2.34. The number of rotatable bonds is 3. The molecule has 2 amide bonds. The molecule has 1 aliphatic heterocycles. The Bertz CT molecular complexity index is 750. The van der Waals surface area contributed by atoms with Crippen LogP contribution in [0.4, 0.5) is 0 Å². The summed E-state index contributed by atoms with van der Waals surface area (Å²) in [4.78, 5) is 29.9. The molecule has 0 saturated heterocycles. The summed E-state index contributed by atoms with van der Waals surface area (Å²) in [7, 11) is 0. The fraction of sp³-hybridized carbons (Fsp3) is 0.333. The largest absolute Gasteiger partial charge is 0.337 e. The Kier molecular flexibility index (Phi) is 3.69. The van der Waals surface area contributed by atoms with E-state index in [1.165, 1.54) is 0 Å². The standard InChI is InChI=1S/C15H14N4O3.ClH/c16-15(6-3-7-15)14-17-11(22-18-14)8-19-12(20)9-4-1-2-5-10(9)13(19)21;/h1-2,4-5H,3,6-8,16H2;1H. The smallest absolute Gasteiger partial charge is 0.262 e. The van der Waals surface area contributed by atoms with Gasteiger partial charge in [0.2, 0.25) is 5.89 Å². The number of benzene rings is 1. The van der Waals surface area contributed by atoms with E-state index in [1.54, 1.807) is 24.3 Å². The maximum Gasteiger partial charge on any atom is 0.262 e. The molecule has 2 aromatic rings. The zero-order valence-electron chi connectivity index (χ0n) is 12.2. The molecule has 1 fully saturated rings. The third-order valence-electron chi connectivity index (χ3n) is 4.33. The van der Waals surface area contributed by atoms with Crippen molar-refractivity contribution in [2.45, 2.75) is 31.3 Å². The van der Waals surface area contributed by atoms with Gasteiger partial charge >= 0.3 is 0 Å². The second-order valence-electron chi connectivity index (χ2n) is 5.76. The van der Waals surface area contributed by atoms with Gasteiger partial charge < -0.3 is 10.3 Å². The first-order valence-corrected chi connectivity index (χ1v) is 7.16. The van der Waals surface area contributed by atoms with Crippen molar-refractivity contribution >= 4 is 24.2 Å². The molecule has 2 aliphatic rings. The van der Waals surface area contributed by atoms with E-state index in [0.29, 0.717) is 17.0 Å². The highest BCUT2D eigenvalue weighted by molar-refractivity contribution is 6.21. The Morgan fingerprint density at radius 1 is 1.17 bits per heavy atom. The Morgan fingerprint density at radius 2 is 1.78 bits per heavy atom. The molecule has 0 atom stereocenters. The zero-order chi connectivity index (χ0) is 15.3. The number of nitrogens with two attached hydrogens (primary N) is 1. The lowest BCUT2D eigenvalue weighted by atomic mass is 9.77. The Balaban J connectivity index is 0.00000156. The third-order valence-corrected chi connectivity index (χ3v) is 4.33. The summed E-state index contributed by atoms with van der Waals surface area (Å²) in [5, 5.41) is 3.89. The lowest BCUT2D eigenvalue weighted by Crippen LogP contribution is -2.44. The summed E-state index contributed by atoms with van der Waals surface area (Å²) < 4.78 is 5.16. The first kappa shape index (κ1) is 15.6. The van der Waals surface area contributed by atoms with Crippen molar-refractivity contribution in [3.63, 3.8) is 0 Å². The Morgan fingerprint density at radius 3 is 2.30 bits per heavy atom. The van der Waals surface area contributed by atoms with Gasteiger partial charge in [0.15, 0.2) is 5.82 Å². The van der Waals surface area contributed by atoms with E-state index in [-0.39, 0.29) is 36.7 Å². The van der Waals surface area contributed by atoms with Gasteiger partial charge in [0, 0.05) is 0 Å². The average molecular weight is 335 g/mol. The van der Waals surface area contributed by atoms with Crippen LogP contribution in [-0.4, -0.2) is 26.9 Å². The Labute approximate surface area is 138 Å². The number of carbonyl (C=O) groups is 2. The van der Waals surface area contributed by atoms with Gasteiger partial charge in [0.25, 0.3) is 11.8 Å². The summed E-state index contributed by atoms with van der Waals surface area (Å²) in [6.07, 6.45) is 2.68. The quantitative estimate of drug-likeness (QED) is 0.856. The monoisotopic (exact) mass is 334 g/mol. The average Bonchev–Trinajstić information content (AvgIpc) is 3.05. The van der Waals surface area contributed by atoms with E-state index in [9.17, 15) is 9.59 Å². The van der Waals surface area contributed by atoms with Crippen LogP contribution < -0.4 is 5.73 Å².